The van der Waals surface area contributed by atoms with E-state index in [1.54, 1.807) is 18.2 Å². The van der Waals surface area contributed by atoms with Crippen molar-refractivity contribution in [3.8, 4) is 11.5 Å². The van der Waals surface area contributed by atoms with Gasteiger partial charge in [-0.3, -0.25) is 4.79 Å². The van der Waals surface area contributed by atoms with Gasteiger partial charge in [0.2, 0.25) is 5.91 Å². The highest BCUT2D eigenvalue weighted by molar-refractivity contribution is 7.71. The molecule has 1 N–H and O–H groups in total. The number of methoxy groups -OCH3 is 1. The van der Waals surface area contributed by atoms with Crippen LogP contribution in [0.5, 0.6) is 11.5 Å². The second-order valence-electron chi connectivity index (χ2n) is 5.91. The fourth-order valence-corrected chi connectivity index (χ4v) is 2.76. The number of carbonyl (C=O) groups is 1. The van der Waals surface area contributed by atoms with Crippen molar-refractivity contribution >= 4 is 35.4 Å². The van der Waals surface area contributed by atoms with Crippen LogP contribution in [0.3, 0.4) is 0 Å². The molecule has 0 bridgehead atoms. The van der Waals surface area contributed by atoms with E-state index < -0.39 is 0 Å². The van der Waals surface area contributed by atoms with E-state index in [-0.39, 0.29) is 29.8 Å². The Morgan fingerprint density at radius 1 is 1.29 bits per heavy atom. The Balaban J connectivity index is 1.63. The van der Waals surface area contributed by atoms with E-state index in [0.29, 0.717) is 22.2 Å². The number of nitrogens with zero attached hydrogens (tertiary/aromatic N) is 2. The van der Waals surface area contributed by atoms with Crippen LogP contribution in [0, 0.1) is 11.8 Å². The van der Waals surface area contributed by atoms with E-state index in [1.807, 2.05) is 31.2 Å². The minimum absolute atomic E-state index is 0.0794. The van der Waals surface area contributed by atoms with E-state index >= 15 is 0 Å². The SMILES string of the molecule is COc1ccc(Cl)cc1NC(=O)Cn1nc(COc2ccc(C)cc2)oc1=S. The number of aromatic nitrogens is 2. The molecule has 0 spiro atoms. The van der Waals surface area contributed by atoms with Crippen LogP contribution in [0.1, 0.15) is 11.5 Å². The van der Waals surface area contributed by atoms with Crippen molar-refractivity contribution < 1.29 is 18.7 Å². The number of halogens is 1. The molecule has 1 heterocycles. The summed E-state index contributed by atoms with van der Waals surface area (Å²) in [5, 5.41) is 7.39. The molecule has 0 radical (unpaired) electrons. The lowest BCUT2D eigenvalue weighted by Crippen LogP contribution is -2.20. The van der Waals surface area contributed by atoms with Gasteiger partial charge in [0.15, 0.2) is 6.61 Å². The predicted molar refractivity (Wildman–Crippen MR) is 107 cm³/mol. The molecule has 2 aromatic carbocycles. The molecular weight excluding hydrogens is 402 g/mol. The van der Waals surface area contributed by atoms with Crippen molar-refractivity contribution in [3.63, 3.8) is 0 Å². The molecule has 0 aliphatic rings. The fraction of sp³-hybridized carbons (Fsp3) is 0.211. The molecule has 0 atom stereocenters. The molecule has 3 rings (SSSR count). The number of benzene rings is 2. The molecule has 1 aromatic heterocycles. The van der Waals surface area contributed by atoms with Crippen molar-refractivity contribution in [2.45, 2.75) is 20.1 Å². The minimum Gasteiger partial charge on any atom is -0.495 e. The average Bonchev–Trinajstić information content (AvgIpc) is 3.01. The molecule has 9 heteroatoms. The van der Waals surface area contributed by atoms with Gasteiger partial charge < -0.3 is 19.2 Å². The summed E-state index contributed by atoms with van der Waals surface area (Å²) in [6.07, 6.45) is 0. The Hall–Kier alpha value is -2.84. The Bertz CT molecular complexity index is 1030. The summed E-state index contributed by atoms with van der Waals surface area (Å²) in [4.78, 5) is 12.4. The van der Waals surface area contributed by atoms with Gasteiger partial charge in [0.05, 0.1) is 12.8 Å². The van der Waals surface area contributed by atoms with Crippen LogP contribution in [0.15, 0.2) is 46.9 Å². The van der Waals surface area contributed by atoms with Crippen molar-refractivity contribution in [3.05, 3.63) is 63.8 Å². The molecule has 0 aliphatic heterocycles. The lowest BCUT2D eigenvalue weighted by Gasteiger charge is -2.10. The molecule has 0 aliphatic carbocycles. The molecule has 146 valence electrons. The Morgan fingerprint density at radius 2 is 2.04 bits per heavy atom. The van der Waals surface area contributed by atoms with E-state index in [9.17, 15) is 4.79 Å². The smallest absolute Gasteiger partial charge is 0.287 e. The first kappa shape index (κ1) is 19.9. The summed E-state index contributed by atoms with van der Waals surface area (Å²) >= 11 is 11.1. The van der Waals surface area contributed by atoms with Crippen LogP contribution in [0.2, 0.25) is 5.02 Å². The number of aryl methyl sites for hydroxylation is 1. The highest BCUT2D eigenvalue weighted by Crippen LogP contribution is 2.27. The second-order valence-corrected chi connectivity index (χ2v) is 6.70. The Kier molecular flexibility index (Phi) is 6.33. The second kappa shape index (κ2) is 8.90. The topological polar surface area (TPSA) is 78.5 Å². The summed E-state index contributed by atoms with van der Waals surface area (Å²) in [5.74, 6) is 1.11. The summed E-state index contributed by atoms with van der Waals surface area (Å²) < 4.78 is 17.5. The first-order chi connectivity index (χ1) is 13.4. The van der Waals surface area contributed by atoms with Gasteiger partial charge in [-0.25, -0.2) is 4.68 Å². The Labute approximate surface area is 171 Å². The maximum absolute atomic E-state index is 12.3. The Morgan fingerprint density at radius 3 is 2.75 bits per heavy atom. The lowest BCUT2D eigenvalue weighted by molar-refractivity contribution is -0.117. The number of hydrogen-bond donors (Lipinski definition) is 1. The fourth-order valence-electron chi connectivity index (χ4n) is 2.39. The van der Waals surface area contributed by atoms with Gasteiger partial charge in [0, 0.05) is 5.02 Å². The van der Waals surface area contributed by atoms with Crippen LogP contribution >= 0.6 is 23.8 Å². The number of nitrogens with one attached hydrogen (secondary N) is 1. The van der Waals surface area contributed by atoms with Crippen molar-refractivity contribution in [2.24, 2.45) is 0 Å². The largest absolute Gasteiger partial charge is 0.495 e. The van der Waals surface area contributed by atoms with Gasteiger partial charge in [-0.05, 0) is 49.5 Å². The molecule has 0 fully saturated rings. The minimum atomic E-state index is -0.351. The number of amides is 1. The third-order valence-corrected chi connectivity index (χ3v) is 4.29. The first-order valence-corrected chi connectivity index (χ1v) is 9.13. The number of carbonyl (C=O) groups excluding carboxylic acids is 1. The molecule has 7 nitrogen and oxygen atoms in total. The standard InChI is InChI=1S/C19H18ClN3O4S/c1-12-3-6-14(7-4-12)26-11-18-22-23(19(28)27-18)10-17(24)21-15-9-13(20)5-8-16(15)25-2/h3-9H,10-11H2,1-2H3,(H,21,24). The molecule has 0 unspecified atom stereocenters. The number of rotatable bonds is 7. The molecule has 1 amide bonds. The highest BCUT2D eigenvalue weighted by Gasteiger charge is 2.13. The monoisotopic (exact) mass is 419 g/mol. The van der Waals surface area contributed by atoms with Crippen molar-refractivity contribution in [2.75, 3.05) is 12.4 Å². The van der Waals surface area contributed by atoms with Gasteiger partial charge in [-0.2, -0.15) is 0 Å². The van der Waals surface area contributed by atoms with E-state index in [2.05, 4.69) is 10.4 Å². The van der Waals surface area contributed by atoms with Gasteiger partial charge in [0.1, 0.15) is 18.0 Å². The van der Waals surface area contributed by atoms with Crippen LogP contribution in [0.25, 0.3) is 0 Å². The normalized spacial score (nSPS) is 10.5. The lowest BCUT2D eigenvalue weighted by atomic mass is 10.2. The van der Waals surface area contributed by atoms with Crippen LogP contribution < -0.4 is 14.8 Å². The van der Waals surface area contributed by atoms with Crippen LogP contribution in [0.4, 0.5) is 5.69 Å². The third-order valence-electron chi connectivity index (χ3n) is 3.76. The summed E-state index contributed by atoms with van der Waals surface area (Å²) in [7, 11) is 1.51. The number of ether oxygens (including phenoxy) is 2. The van der Waals surface area contributed by atoms with Crippen molar-refractivity contribution in [1.82, 2.24) is 9.78 Å². The van der Waals surface area contributed by atoms with Gasteiger partial charge in [-0.15, -0.1) is 5.10 Å². The number of anilines is 1. The van der Waals surface area contributed by atoms with Gasteiger partial charge in [-0.1, -0.05) is 29.3 Å². The molecular formula is C19H18ClN3O4S. The van der Waals surface area contributed by atoms with Crippen LogP contribution in [-0.4, -0.2) is 22.8 Å². The highest BCUT2D eigenvalue weighted by atomic mass is 35.5. The van der Waals surface area contributed by atoms with E-state index in [0.717, 1.165) is 5.56 Å². The zero-order valence-corrected chi connectivity index (χ0v) is 16.8. The van der Waals surface area contributed by atoms with Crippen molar-refractivity contribution in [1.29, 1.82) is 0 Å². The van der Waals surface area contributed by atoms with Gasteiger partial charge >= 0.3 is 0 Å². The van der Waals surface area contributed by atoms with Gasteiger partial charge in [0.25, 0.3) is 10.7 Å². The van der Waals surface area contributed by atoms with E-state index in [1.165, 1.54) is 11.8 Å². The van der Waals surface area contributed by atoms with E-state index in [4.69, 9.17) is 37.7 Å². The first-order valence-electron chi connectivity index (χ1n) is 8.34. The molecule has 0 saturated carbocycles. The summed E-state index contributed by atoms with van der Waals surface area (Å²) in [5.41, 5.74) is 1.59. The maximum Gasteiger partial charge on any atom is 0.287 e. The predicted octanol–water partition coefficient (Wildman–Crippen LogP) is 4.39. The third kappa shape index (κ3) is 5.11. The van der Waals surface area contributed by atoms with Crippen LogP contribution in [-0.2, 0) is 17.9 Å². The zero-order valence-electron chi connectivity index (χ0n) is 15.3. The average molecular weight is 420 g/mol. The maximum atomic E-state index is 12.3. The quantitative estimate of drug-likeness (QED) is 0.572. The molecule has 28 heavy (non-hydrogen) atoms. The molecule has 0 saturated heterocycles. The zero-order chi connectivity index (χ0) is 20.1. The molecule has 3 aromatic rings. The summed E-state index contributed by atoms with van der Waals surface area (Å²) in [6.45, 7) is 1.97. The summed E-state index contributed by atoms with van der Waals surface area (Å²) in [6, 6.07) is 12.5. The number of hydrogen-bond acceptors (Lipinski definition) is 6.